The third-order valence-corrected chi connectivity index (χ3v) is 4.24. The normalized spacial score (nSPS) is 18.7. The average molecular weight is 263 g/mol. The highest BCUT2D eigenvalue weighted by molar-refractivity contribution is 5.22. The SMILES string of the molecule is CC(C)NCC(c1cccc(F)c1)C1CCCCC1. The Morgan fingerprint density at radius 1 is 1.21 bits per heavy atom. The van der Waals surface area contributed by atoms with E-state index < -0.39 is 0 Å². The van der Waals surface area contributed by atoms with Crippen molar-refractivity contribution in [2.45, 2.75) is 57.9 Å². The smallest absolute Gasteiger partial charge is 0.123 e. The standard InChI is InChI=1S/C17H26FN/c1-13(2)19-12-17(14-7-4-3-5-8-14)15-9-6-10-16(18)11-15/h6,9-11,13-14,17,19H,3-5,7-8,12H2,1-2H3. The van der Waals surface area contributed by atoms with Crippen LogP contribution in [0.25, 0.3) is 0 Å². The Labute approximate surface area is 116 Å². The fraction of sp³-hybridized carbons (Fsp3) is 0.647. The molecule has 106 valence electrons. The maximum atomic E-state index is 13.5. The van der Waals surface area contributed by atoms with Crippen LogP contribution in [-0.2, 0) is 0 Å². The number of benzene rings is 1. The lowest BCUT2D eigenvalue weighted by Crippen LogP contribution is -2.32. The van der Waals surface area contributed by atoms with Gasteiger partial charge in [0.15, 0.2) is 0 Å². The summed E-state index contributed by atoms with van der Waals surface area (Å²) in [5, 5.41) is 3.54. The van der Waals surface area contributed by atoms with E-state index in [4.69, 9.17) is 0 Å². The summed E-state index contributed by atoms with van der Waals surface area (Å²) >= 11 is 0. The van der Waals surface area contributed by atoms with Gasteiger partial charge in [-0.3, -0.25) is 0 Å². The van der Waals surface area contributed by atoms with Crippen LogP contribution in [0.5, 0.6) is 0 Å². The van der Waals surface area contributed by atoms with Gasteiger partial charge in [0, 0.05) is 12.6 Å². The van der Waals surface area contributed by atoms with Crippen molar-refractivity contribution in [1.82, 2.24) is 5.32 Å². The molecule has 1 saturated carbocycles. The van der Waals surface area contributed by atoms with Crippen molar-refractivity contribution in [2.75, 3.05) is 6.54 Å². The van der Waals surface area contributed by atoms with E-state index in [2.05, 4.69) is 25.2 Å². The Morgan fingerprint density at radius 2 is 1.95 bits per heavy atom. The van der Waals surface area contributed by atoms with Gasteiger partial charge in [-0.2, -0.15) is 0 Å². The molecule has 1 aromatic carbocycles. The largest absolute Gasteiger partial charge is 0.314 e. The van der Waals surface area contributed by atoms with E-state index in [1.165, 1.54) is 43.7 Å². The van der Waals surface area contributed by atoms with E-state index in [0.29, 0.717) is 17.9 Å². The first-order chi connectivity index (χ1) is 9.16. The molecule has 2 heteroatoms. The van der Waals surface area contributed by atoms with Gasteiger partial charge in [0.1, 0.15) is 5.82 Å². The fourth-order valence-corrected chi connectivity index (χ4v) is 3.19. The minimum absolute atomic E-state index is 0.108. The molecule has 1 N–H and O–H groups in total. The number of nitrogens with one attached hydrogen (secondary N) is 1. The van der Waals surface area contributed by atoms with Crippen molar-refractivity contribution in [1.29, 1.82) is 0 Å². The molecular formula is C17H26FN. The summed E-state index contributed by atoms with van der Waals surface area (Å²) in [5.74, 6) is 1.06. The van der Waals surface area contributed by atoms with Gasteiger partial charge in [0.2, 0.25) is 0 Å². The first-order valence-electron chi connectivity index (χ1n) is 7.65. The minimum atomic E-state index is -0.108. The van der Waals surface area contributed by atoms with Crippen LogP contribution in [0.15, 0.2) is 24.3 Å². The summed E-state index contributed by atoms with van der Waals surface area (Å²) in [7, 11) is 0. The molecule has 0 aromatic heterocycles. The molecule has 0 radical (unpaired) electrons. The van der Waals surface area contributed by atoms with E-state index in [-0.39, 0.29) is 5.82 Å². The molecule has 0 amide bonds. The van der Waals surface area contributed by atoms with Gasteiger partial charge in [-0.15, -0.1) is 0 Å². The molecule has 1 aliphatic rings. The second-order valence-corrected chi connectivity index (χ2v) is 6.12. The minimum Gasteiger partial charge on any atom is -0.314 e. The zero-order valence-electron chi connectivity index (χ0n) is 12.2. The highest BCUT2D eigenvalue weighted by atomic mass is 19.1. The fourth-order valence-electron chi connectivity index (χ4n) is 3.19. The predicted octanol–water partition coefficient (Wildman–Crippen LogP) is 4.49. The zero-order valence-corrected chi connectivity index (χ0v) is 12.2. The average Bonchev–Trinajstić information content (AvgIpc) is 2.40. The van der Waals surface area contributed by atoms with Gasteiger partial charge in [0.25, 0.3) is 0 Å². The second-order valence-electron chi connectivity index (χ2n) is 6.12. The summed E-state index contributed by atoms with van der Waals surface area (Å²) in [5.41, 5.74) is 1.17. The monoisotopic (exact) mass is 263 g/mol. The summed E-state index contributed by atoms with van der Waals surface area (Å²) in [4.78, 5) is 0. The molecule has 0 spiro atoms. The maximum absolute atomic E-state index is 13.5. The quantitative estimate of drug-likeness (QED) is 0.825. The molecule has 1 atom stereocenters. The van der Waals surface area contributed by atoms with Crippen LogP contribution >= 0.6 is 0 Å². The van der Waals surface area contributed by atoms with Gasteiger partial charge < -0.3 is 5.32 Å². The van der Waals surface area contributed by atoms with Gasteiger partial charge in [-0.1, -0.05) is 45.2 Å². The van der Waals surface area contributed by atoms with E-state index >= 15 is 0 Å². The van der Waals surface area contributed by atoms with E-state index in [1.807, 2.05) is 6.07 Å². The molecule has 0 saturated heterocycles. The van der Waals surface area contributed by atoms with Crippen molar-refractivity contribution >= 4 is 0 Å². The number of halogens is 1. The third-order valence-electron chi connectivity index (χ3n) is 4.24. The first kappa shape index (κ1) is 14.5. The summed E-state index contributed by atoms with van der Waals surface area (Å²) in [6.07, 6.45) is 6.61. The Hall–Kier alpha value is -0.890. The zero-order chi connectivity index (χ0) is 13.7. The van der Waals surface area contributed by atoms with E-state index in [1.54, 1.807) is 6.07 Å². The summed E-state index contributed by atoms with van der Waals surface area (Å²) in [6.45, 7) is 5.30. The van der Waals surface area contributed by atoms with Gasteiger partial charge in [0.05, 0.1) is 0 Å². The van der Waals surface area contributed by atoms with Gasteiger partial charge >= 0.3 is 0 Å². The highest BCUT2D eigenvalue weighted by Gasteiger charge is 2.25. The number of hydrogen-bond acceptors (Lipinski definition) is 1. The third kappa shape index (κ3) is 4.31. The lowest BCUT2D eigenvalue weighted by Gasteiger charge is -2.31. The molecular weight excluding hydrogens is 237 g/mol. The Morgan fingerprint density at radius 3 is 2.58 bits per heavy atom. The van der Waals surface area contributed by atoms with E-state index in [0.717, 1.165) is 6.54 Å². The van der Waals surface area contributed by atoms with Crippen LogP contribution < -0.4 is 5.32 Å². The van der Waals surface area contributed by atoms with Crippen LogP contribution in [0.4, 0.5) is 4.39 Å². The van der Waals surface area contributed by atoms with E-state index in [9.17, 15) is 4.39 Å². The Bertz CT molecular complexity index is 383. The molecule has 2 rings (SSSR count). The summed E-state index contributed by atoms with van der Waals surface area (Å²) < 4.78 is 13.5. The van der Waals surface area contributed by atoms with Crippen molar-refractivity contribution in [3.8, 4) is 0 Å². The molecule has 1 aromatic rings. The molecule has 19 heavy (non-hydrogen) atoms. The Balaban J connectivity index is 2.12. The second kappa shape index (κ2) is 7.04. The van der Waals surface area contributed by atoms with Crippen molar-refractivity contribution < 1.29 is 4.39 Å². The van der Waals surface area contributed by atoms with Crippen molar-refractivity contribution in [3.05, 3.63) is 35.6 Å². The highest BCUT2D eigenvalue weighted by Crippen LogP contribution is 2.35. The molecule has 1 nitrogen and oxygen atoms in total. The lowest BCUT2D eigenvalue weighted by molar-refractivity contribution is 0.293. The van der Waals surface area contributed by atoms with Gasteiger partial charge in [-0.25, -0.2) is 4.39 Å². The molecule has 1 aliphatic carbocycles. The van der Waals surface area contributed by atoms with Crippen molar-refractivity contribution in [2.24, 2.45) is 5.92 Å². The van der Waals surface area contributed by atoms with Crippen LogP contribution in [0.1, 0.15) is 57.4 Å². The predicted molar refractivity (Wildman–Crippen MR) is 78.9 cm³/mol. The molecule has 0 bridgehead atoms. The maximum Gasteiger partial charge on any atom is 0.123 e. The van der Waals surface area contributed by atoms with Crippen LogP contribution in [-0.4, -0.2) is 12.6 Å². The topological polar surface area (TPSA) is 12.0 Å². The molecule has 1 fully saturated rings. The molecule has 0 heterocycles. The number of rotatable bonds is 5. The van der Waals surface area contributed by atoms with Crippen LogP contribution in [0.3, 0.4) is 0 Å². The van der Waals surface area contributed by atoms with Crippen LogP contribution in [0.2, 0.25) is 0 Å². The molecule has 0 aliphatic heterocycles. The van der Waals surface area contributed by atoms with Gasteiger partial charge in [-0.05, 0) is 42.4 Å². The van der Waals surface area contributed by atoms with Crippen molar-refractivity contribution in [3.63, 3.8) is 0 Å². The summed E-state index contributed by atoms with van der Waals surface area (Å²) in [6, 6.07) is 7.68. The first-order valence-corrected chi connectivity index (χ1v) is 7.65. The number of hydrogen-bond donors (Lipinski definition) is 1. The van der Waals surface area contributed by atoms with Crippen LogP contribution in [0, 0.1) is 11.7 Å². The lowest BCUT2D eigenvalue weighted by atomic mass is 9.76. The molecule has 1 unspecified atom stereocenters. The Kier molecular flexibility index (Phi) is 5.38.